The number of benzene rings is 1. The Labute approximate surface area is 95.5 Å². The smallest absolute Gasteiger partial charge is 0.160 e. The number of hydrogen-bond donors (Lipinski definition) is 1. The van der Waals surface area contributed by atoms with E-state index in [-0.39, 0.29) is 0 Å². The van der Waals surface area contributed by atoms with Gasteiger partial charge in [0.2, 0.25) is 0 Å². The molecule has 2 aromatic rings. The molecule has 1 heterocycles. The van der Waals surface area contributed by atoms with Crippen molar-refractivity contribution < 1.29 is 0 Å². The Balaban J connectivity index is 2.57. The first-order valence-electron chi connectivity index (χ1n) is 4.10. The van der Waals surface area contributed by atoms with Crippen molar-refractivity contribution in [2.75, 3.05) is 5.73 Å². The molecule has 0 atom stereocenters. The van der Waals surface area contributed by atoms with Crippen LogP contribution in [0.25, 0.3) is 11.4 Å². The van der Waals surface area contributed by atoms with Gasteiger partial charge in [-0.1, -0.05) is 0 Å². The number of nitrogens with zero attached hydrogens (tertiary/aromatic N) is 2. The molecule has 0 spiro atoms. The highest BCUT2D eigenvalue weighted by atomic mass is 127. The Morgan fingerprint density at radius 2 is 1.86 bits per heavy atom. The van der Waals surface area contributed by atoms with Gasteiger partial charge in [-0.15, -0.1) is 0 Å². The molecule has 0 aliphatic carbocycles. The SMILES string of the molecule is Nc1ccc(I)c(-c2ncccn2)c1. The van der Waals surface area contributed by atoms with Crippen LogP contribution in [0.5, 0.6) is 0 Å². The van der Waals surface area contributed by atoms with Gasteiger partial charge >= 0.3 is 0 Å². The number of rotatable bonds is 1. The summed E-state index contributed by atoms with van der Waals surface area (Å²) in [4.78, 5) is 8.36. The van der Waals surface area contributed by atoms with Crippen LogP contribution in [-0.4, -0.2) is 9.97 Å². The highest BCUT2D eigenvalue weighted by molar-refractivity contribution is 14.1. The number of nitrogen functional groups attached to an aromatic ring is 1. The second-order valence-electron chi connectivity index (χ2n) is 2.81. The van der Waals surface area contributed by atoms with Crippen molar-refractivity contribution in [1.29, 1.82) is 0 Å². The van der Waals surface area contributed by atoms with E-state index in [0.717, 1.165) is 14.8 Å². The lowest BCUT2D eigenvalue weighted by molar-refractivity contribution is 1.17. The van der Waals surface area contributed by atoms with Gasteiger partial charge in [-0.2, -0.15) is 0 Å². The van der Waals surface area contributed by atoms with Crippen LogP contribution in [0.15, 0.2) is 36.7 Å². The molecule has 0 saturated heterocycles. The first-order valence-corrected chi connectivity index (χ1v) is 5.17. The molecule has 1 aromatic heterocycles. The molecular weight excluding hydrogens is 289 g/mol. The second-order valence-corrected chi connectivity index (χ2v) is 3.97. The van der Waals surface area contributed by atoms with Crippen molar-refractivity contribution >= 4 is 28.3 Å². The van der Waals surface area contributed by atoms with Gasteiger partial charge in [0.1, 0.15) is 0 Å². The first kappa shape index (κ1) is 9.39. The van der Waals surface area contributed by atoms with E-state index in [1.807, 2.05) is 18.2 Å². The van der Waals surface area contributed by atoms with Crippen molar-refractivity contribution in [3.63, 3.8) is 0 Å². The zero-order valence-electron chi connectivity index (χ0n) is 7.31. The van der Waals surface area contributed by atoms with Crippen molar-refractivity contribution in [1.82, 2.24) is 9.97 Å². The van der Waals surface area contributed by atoms with Gasteiger partial charge in [0, 0.05) is 27.2 Å². The first-order chi connectivity index (χ1) is 6.77. The lowest BCUT2D eigenvalue weighted by atomic mass is 10.2. The third kappa shape index (κ3) is 1.84. The highest BCUT2D eigenvalue weighted by Crippen LogP contribution is 2.23. The van der Waals surface area contributed by atoms with Gasteiger partial charge in [-0.05, 0) is 46.9 Å². The van der Waals surface area contributed by atoms with Crippen LogP contribution in [0.3, 0.4) is 0 Å². The number of halogens is 1. The zero-order chi connectivity index (χ0) is 9.97. The van der Waals surface area contributed by atoms with Gasteiger partial charge in [0.05, 0.1) is 0 Å². The third-order valence-corrected chi connectivity index (χ3v) is 2.74. The molecule has 0 radical (unpaired) electrons. The Hall–Kier alpha value is -1.17. The van der Waals surface area contributed by atoms with E-state index < -0.39 is 0 Å². The van der Waals surface area contributed by atoms with E-state index in [2.05, 4.69) is 32.6 Å². The average Bonchev–Trinajstić information content (AvgIpc) is 2.23. The standard InChI is InChI=1S/C10H8IN3/c11-9-3-2-7(12)6-8(9)10-13-4-1-5-14-10/h1-6H,12H2. The number of hydrogen-bond acceptors (Lipinski definition) is 3. The predicted octanol–water partition coefficient (Wildman–Crippen LogP) is 2.33. The number of anilines is 1. The fourth-order valence-electron chi connectivity index (χ4n) is 1.15. The van der Waals surface area contributed by atoms with E-state index in [4.69, 9.17) is 5.73 Å². The molecule has 2 N–H and O–H groups in total. The van der Waals surface area contributed by atoms with Crippen molar-refractivity contribution in [3.8, 4) is 11.4 Å². The summed E-state index contributed by atoms with van der Waals surface area (Å²) in [6.45, 7) is 0. The van der Waals surface area contributed by atoms with Gasteiger partial charge in [0.15, 0.2) is 5.82 Å². The molecule has 0 bridgehead atoms. The molecule has 0 saturated carbocycles. The number of nitrogens with two attached hydrogens (primary N) is 1. The Morgan fingerprint density at radius 1 is 1.14 bits per heavy atom. The number of aromatic nitrogens is 2. The molecule has 0 unspecified atom stereocenters. The molecule has 0 fully saturated rings. The van der Waals surface area contributed by atoms with Gasteiger partial charge in [-0.3, -0.25) is 0 Å². The summed E-state index contributed by atoms with van der Waals surface area (Å²) < 4.78 is 1.10. The normalized spacial score (nSPS) is 10.1. The maximum absolute atomic E-state index is 5.71. The minimum absolute atomic E-state index is 0.712. The van der Waals surface area contributed by atoms with Gasteiger partial charge in [0.25, 0.3) is 0 Å². The summed E-state index contributed by atoms with van der Waals surface area (Å²) in [6, 6.07) is 7.51. The van der Waals surface area contributed by atoms with E-state index in [0.29, 0.717) is 5.82 Å². The molecule has 1 aromatic carbocycles. The van der Waals surface area contributed by atoms with Crippen molar-refractivity contribution in [3.05, 3.63) is 40.2 Å². The van der Waals surface area contributed by atoms with Crippen LogP contribution in [0.2, 0.25) is 0 Å². The Bertz CT molecular complexity index is 442. The largest absolute Gasteiger partial charge is 0.399 e. The van der Waals surface area contributed by atoms with E-state index in [1.165, 1.54) is 0 Å². The lowest BCUT2D eigenvalue weighted by Crippen LogP contribution is -1.92. The molecule has 14 heavy (non-hydrogen) atoms. The Kier molecular flexibility index (Phi) is 2.62. The van der Waals surface area contributed by atoms with E-state index >= 15 is 0 Å². The average molecular weight is 297 g/mol. The summed E-state index contributed by atoms with van der Waals surface area (Å²) in [6.07, 6.45) is 3.45. The van der Waals surface area contributed by atoms with Gasteiger partial charge in [-0.25, -0.2) is 9.97 Å². The van der Waals surface area contributed by atoms with Gasteiger partial charge < -0.3 is 5.73 Å². The van der Waals surface area contributed by atoms with Crippen LogP contribution >= 0.6 is 22.6 Å². The van der Waals surface area contributed by atoms with Crippen LogP contribution < -0.4 is 5.73 Å². The summed E-state index contributed by atoms with van der Waals surface area (Å²) in [7, 11) is 0. The van der Waals surface area contributed by atoms with Crippen LogP contribution in [0.1, 0.15) is 0 Å². The monoisotopic (exact) mass is 297 g/mol. The minimum Gasteiger partial charge on any atom is -0.399 e. The quantitative estimate of drug-likeness (QED) is 0.649. The lowest BCUT2D eigenvalue weighted by Gasteiger charge is -2.03. The maximum Gasteiger partial charge on any atom is 0.160 e. The molecule has 2 rings (SSSR count). The molecule has 0 aliphatic heterocycles. The predicted molar refractivity (Wildman–Crippen MR) is 64.6 cm³/mol. The summed E-state index contributed by atoms with van der Waals surface area (Å²) >= 11 is 2.24. The summed E-state index contributed by atoms with van der Waals surface area (Å²) in [5.41, 5.74) is 7.41. The zero-order valence-corrected chi connectivity index (χ0v) is 9.47. The molecule has 0 aliphatic rings. The van der Waals surface area contributed by atoms with E-state index in [1.54, 1.807) is 18.5 Å². The van der Waals surface area contributed by atoms with Crippen LogP contribution in [0.4, 0.5) is 5.69 Å². The minimum atomic E-state index is 0.712. The topological polar surface area (TPSA) is 51.8 Å². The van der Waals surface area contributed by atoms with E-state index in [9.17, 15) is 0 Å². The summed E-state index contributed by atoms with van der Waals surface area (Å²) in [5, 5.41) is 0. The third-order valence-electron chi connectivity index (χ3n) is 1.80. The molecule has 0 amide bonds. The maximum atomic E-state index is 5.71. The van der Waals surface area contributed by atoms with Crippen molar-refractivity contribution in [2.24, 2.45) is 0 Å². The Morgan fingerprint density at radius 3 is 2.57 bits per heavy atom. The van der Waals surface area contributed by atoms with Crippen molar-refractivity contribution in [2.45, 2.75) is 0 Å². The molecular formula is C10H8IN3. The molecule has 3 nitrogen and oxygen atoms in total. The highest BCUT2D eigenvalue weighted by Gasteiger charge is 2.04. The fraction of sp³-hybridized carbons (Fsp3) is 0. The van der Waals surface area contributed by atoms with Crippen LogP contribution in [0, 0.1) is 3.57 Å². The molecule has 70 valence electrons. The fourth-order valence-corrected chi connectivity index (χ4v) is 1.73. The van der Waals surface area contributed by atoms with Crippen LogP contribution in [-0.2, 0) is 0 Å². The second kappa shape index (κ2) is 3.91. The summed E-state index contributed by atoms with van der Waals surface area (Å²) in [5.74, 6) is 0.712. The molecule has 4 heteroatoms.